The second kappa shape index (κ2) is 7.60. The zero-order valence-electron chi connectivity index (χ0n) is 12.2. The van der Waals surface area contributed by atoms with E-state index in [1.807, 2.05) is 12.1 Å². The highest BCUT2D eigenvalue weighted by molar-refractivity contribution is 7.80. The number of allylic oxidation sites excluding steroid dienone is 1. The molecule has 0 bridgehead atoms. The molecular formula is C17H20N2S2. The van der Waals surface area contributed by atoms with E-state index in [1.165, 1.54) is 5.56 Å². The predicted octanol–water partition coefficient (Wildman–Crippen LogP) is 4.27. The third-order valence-electron chi connectivity index (χ3n) is 4.01. The van der Waals surface area contributed by atoms with Crippen molar-refractivity contribution >= 4 is 34.6 Å². The lowest BCUT2D eigenvalue weighted by atomic mass is 9.86. The van der Waals surface area contributed by atoms with Gasteiger partial charge in [-0.25, -0.2) is 4.99 Å². The normalized spacial score (nSPS) is 25.3. The van der Waals surface area contributed by atoms with Gasteiger partial charge in [-0.05, 0) is 37.5 Å². The lowest BCUT2D eigenvalue weighted by Crippen LogP contribution is -2.50. The minimum atomic E-state index is 0.134. The molecule has 0 radical (unpaired) electrons. The van der Waals surface area contributed by atoms with Gasteiger partial charge in [0.05, 0.1) is 16.2 Å². The van der Waals surface area contributed by atoms with Crippen molar-refractivity contribution in [1.82, 2.24) is 4.90 Å². The minimum absolute atomic E-state index is 0.134. The van der Waals surface area contributed by atoms with Crippen LogP contribution in [-0.4, -0.2) is 27.1 Å². The Morgan fingerprint density at radius 2 is 2.14 bits per heavy atom. The summed E-state index contributed by atoms with van der Waals surface area (Å²) in [7, 11) is 0. The largest absolute Gasteiger partial charge is 0.359 e. The van der Waals surface area contributed by atoms with Gasteiger partial charge in [0.1, 0.15) is 0 Å². The van der Waals surface area contributed by atoms with Crippen molar-refractivity contribution in [2.75, 3.05) is 0 Å². The fourth-order valence-corrected chi connectivity index (χ4v) is 3.53. The Morgan fingerprint density at radius 1 is 1.43 bits per heavy atom. The fraction of sp³-hybridized carbons (Fsp3) is 0.412. The standard InChI is InChI=1S/C17H20N2S2/c1-3-7-15-16(18-12-20)10-13(2)19(17(15)21)11-14-8-5-4-6-9-14/h3-6,8-9,13,15-16H,1,7,10-11H2,2H3/t13-,15+,16-/m0/s1. The zero-order chi connectivity index (χ0) is 15.2. The molecule has 0 aromatic heterocycles. The van der Waals surface area contributed by atoms with Gasteiger partial charge < -0.3 is 4.90 Å². The van der Waals surface area contributed by atoms with E-state index in [4.69, 9.17) is 24.4 Å². The first-order chi connectivity index (χ1) is 10.2. The van der Waals surface area contributed by atoms with E-state index < -0.39 is 0 Å². The molecule has 0 spiro atoms. The topological polar surface area (TPSA) is 15.6 Å². The van der Waals surface area contributed by atoms with Crippen LogP contribution in [0.5, 0.6) is 0 Å². The number of rotatable bonds is 5. The molecule has 1 aliphatic rings. The van der Waals surface area contributed by atoms with Gasteiger partial charge in [0.15, 0.2) is 0 Å². The lowest BCUT2D eigenvalue weighted by Gasteiger charge is -2.43. The van der Waals surface area contributed by atoms with Crippen LogP contribution in [0.15, 0.2) is 48.0 Å². The van der Waals surface area contributed by atoms with E-state index in [0.717, 1.165) is 24.4 Å². The Morgan fingerprint density at radius 3 is 2.76 bits per heavy atom. The SMILES string of the molecule is C=CC[C@H]1C(=S)N(Cc2ccccc2)[C@@H](C)C[C@@H]1N=C=S. The Labute approximate surface area is 137 Å². The summed E-state index contributed by atoms with van der Waals surface area (Å²) in [5.74, 6) is 0.202. The van der Waals surface area contributed by atoms with Crippen molar-refractivity contribution in [2.45, 2.75) is 38.4 Å². The molecule has 1 aliphatic heterocycles. The lowest BCUT2D eigenvalue weighted by molar-refractivity contribution is 0.233. The first kappa shape index (κ1) is 16.0. The summed E-state index contributed by atoms with van der Waals surface area (Å²) in [5.41, 5.74) is 1.28. The maximum absolute atomic E-state index is 5.74. The van der Waals surface area contributed by atoms with Crippen LogP contribution in [-0.2, 0) is 6.54 Å². The summed E-state index contributed by atoms with van der Waals surface area (Å²) in [6, 6.07) is 10.9. The first-order valence-corrected chi connectivity index (χ1v) is 8.01. The molecule has 21 heavy (non-hydrogen) atoms. The van der Waals surface area contributed by atoms with Crippen LogP contribution in [0.2, 0.25) is 0 Å². The molecule has 3 atom stereocenters. The Bertz CT molecular complexity index is 549. The molecule has 0 saturated carbocycles. The quantitative estimate of drug-likeness (QED) is 0.458. The van der Waals surface area contributed by atoms with Gasteiger partial charge in [0.25, 0.3) is 0 Å². The Kier molecular flexibility index (Phi) is 5.80. The highest BCUT2D eigenvalue weighted by Gasteiger charge is 2.36. The second-order valence-electron chi connectivity index (χ2n) is 5.46. The maximum Gasteiger partial charge on any atom is 0.0841 e. The number of piperidine rings is 1. The number of benzene rings is 1. The first-order valence-electron chi connectivity index (χ1n) is 7.19. The Hall–Kier alpha value is -1.35. The highest BCUT2D eigenvalue weighted by atomic mass is 32.1. The van der Waals surface area contributed by atoms with Crippen LogP contribution in [0.1, 0.15) is 25.3 Å². The minimum Gasteiger partial charge on any atom is -0.359 e. The van der Waals surface area contributed by atoms with Gasteiger partial charge in [0.2, 0.25) is 0 Å². The molecule has 1 saturated heterocycles. The van der Waals surface area contributed by atoms with Gasteiger partial charge in [-0.1, -0.05) is 48.6 Å². The molecule has 2 rings (SSSR count). The third kappa shape index (κ3) is 3.85. The van der Waals surface area contributed by atoms with E-state index in [9.17, 15) is 0 Å². The van der Waals surface area contributed by atoms with Crippen LogP contribution >= 0.6 is 24.4 Å². The summed E-state index contributed by atoms with van der Waals surface area (Å²) >= 11 is 10.5. The molecule has 0 amide bonds. The number of hydrogen-bond donors (Lipinski definition) is 0. The monoisotopic (exact) mass is 316 g/mol. The molecule has 110 valence electrons. The molecule has 0 unspecified atom stereocenters. The van der Waals surface area contributed by atoms with E-state index in [0.29, 0.717) is 6.04 Å². The summed E-state index contributed by atoms with van der Waals surface area (Å²) in [4.78, 5) is 7.61. The molecule has 1 fully saturated rings. The van der Waals surface area contributed by atoms with Gasteiger partial charge >= 0.3 is 0 Å². The van der Waals surface area contributed by atoms with Gasteiger partial charge in [-0.2, -0.15) is 0 Å². The third-order valence-corrected chi connectivity index (χ3v) is 4.66. The van der Waals surface area contributed by atoms with Gasteiger partial charge in [-0.15, -0.1) is 6.58 Å². The number of hydrogen-bond acceptors (Lipinski definition) is 3. The van der Waals surface area contributed by atoms with E-state index >= 15 is 0 Å². The van der Waals surface area contributed by atoms with Crippen LogP contribution in [0.4, 0.5) is 0 Å². The molecule has 0 N–H and O–H groups in total. The number of isothiocyanates is 1. The highest BCUT2D eigenvalue weighted by Crippen LogP contribution is 2.30. The van der Waals surface area contributed by atoms with Crippen molar-refractivity contribution in [3.05, 3.63) is 48.6 Å². The van der Waals surface area contributed by atoms with Crippen molar-refractivity contribution in [3.8, 4) is 0 Å². The summed E-state index contributed by atoms with van der Waals surface area (Å²) in [6.45, 7) is 6.89. The second-order valence-corrected chi connectivity index (χ2v) is 6.06. The van der Waals surface area contributed by atoms with Crippen molar-refractivity contribution in [1.29, 1.82) is 0 Å². The number of thiocarbonyl (C=S) groups is 2. The number of aliphatic imine (C=N–C) groups is 1. The van der Waals surface area contributed by atoms with E-state index in [-0.39, 0.29) is 12.0 Å². The van der Waals surface area contributed by atoms with Crippen molar-refractivity contribution in [2.24, 2.45) is 10.9 Å². The average Bonchev–Trinajstić information content (AvgIpc) is 2.49. The van der Waals surface area contributed by atoms with Crippen LogP contribution < -0.4 is 0 Å². The van der Waals surface area contributed by atoms with Crippen LogP contribution in [0, 0.1) is 5.92 Å². The molecule has 1 aromatic rings. The predicted molar refractivity (Wildman–Crippen MR) is 95.8 cm³/mol. The van der Waals surface area contributed by atoms with Crippen LogP contribution in [0.25, 0.3) is 0 Å². The maximum atomic E-state index is 5.74. The average molecular weight is 316 g/mol. The van der Waals surface area contributed by atoms with Gasteiger partial charge in [0, 0.05) is 18.5 Å². The molecule has 4 heteroatoms. The van der Waals surface area contributed by atoms with E-state index in [1.54, 1.807) is 0 Å². The summed E-state index contributed by atoms with van der Waals surface area (Å²) in [5, 5.41) is 2.53. The Balaban J connectivity index is 2.20. The fourth-order valence-electron chi connectivity index (χ4n) is 2.90. The van der Waals surface area contributed by atoms with Crippen molar-refractivity contribution < 1.29 is 0 Å². The smallest absolute Gasteiger partial charge is 0.0841 e. The molecule has 0 aliphatic carbocycles. The van der Waals surface area contributed by atoms with Gasteiger partial charge in [-0.3, -0.25) is 0 Å². The van der Waals surface area contributed by atoms with Crippen molar-refractivity contribution in [3.63, 3.8) is 0 Å². The summed E-state index contributed by atoms with van der Waals surface area (Å²) in [6.07, 6.45) is 3.71. The molecule has 2 nitrogen and oxygen atoms in total. The van der Waals surface area contributed by atoms with E-state index in [2.05, 4.69) is 52.8 Å². The summed E-state index contributed by atoms with van der Waals surface area (Å²) < 4.78 is 0. The number of likely N-dealkylation sites (tertiary alicyclic amines) is 1. The number of nitrogens with zero attached hydrogens (tertiary/aromatic N) is 2. The molecule has 1 heterocycles. The van der Waals surface area contributed by atoms with Crippen LogP contribution in [0.3, 0.4) is 0 Å². The zero-order valence-corrected chi connectivity index (χ0v) is 13.9. The molecular weight excluding hydrogens is 296 g/mol. The molecule has 1 aromatic carbocycles.